The van der Waals surface area contributed by atoms with E-state index in [4.69, 9.17) is 9.47 Å². The smallest absolute Gasteiger partial charge is 0.255 e. The summed E-state index contributed by atoms with van der Waals surface area (Å²) >= 11 is 0. The van der Waals surface area contributed by atoms with Crippen LogP contribution in [0.3, 0.4) is 0 Å². The quantitative estimate of drug-likeness (QED) is 0.171. The summed E-state index contributed by atoms with van der Waals surface area (Å²) in [5, 5.41) is 6.61. The van der Waals surface area contributed by atoms with Crippen LogP contribution >= 0.6 is 0 Å². The summed E-state index contributed by atoms with van der Waals surface area (Å²) in [6, 6.07) is 29.7. The Balaban J connectivity index is 1.44. The predicted octanol–water partition coefficient (Wildman–Crippen LogP) is 4.57. The summed E-state index contributed by atoms with van der Waals surface area (Å²) in [6.07, 6.45) is 1.43. The lowest BCUT2D eigenvalue weighted by Crippen LogP contribution is -2.39. The van der Waals surface area contributed by atoms with Crippen molar-refractivity contribution < 1.29 is 27.5 Å². The van der Waals surface area contributed by atoms with E-state index in [9.17, 15) is 18.0 Å². The number of carbonyl (C=O) groups is 2. The first-order valence-corrected chi connectivity index (χ1v) is 14.8. The molecule has 0 aliphatic carbocycles. The molecule has 0 aliphatic heterocycles. The average Bonchev–Trinajstić information content (AvgIpc) is 3.01. The number of nitrogens with one attached hydrogen (secondary N) is 2. The number of carbonyl (C=O) groups excluding carboxylic acids is 2. The highest BCUT2D eigenvalue weighted by Crippen LogP contribution is 2.28. The molecule has 2 amide bonds. The van der Waals surface area contributed by atoms with E-state index in [2.05, 4.69) is 15.8 Å². The maximum atomic E-state index is 13.5. The van der Waals surface area contributed by atoms with Gasteiger partial charge in [0, 0.05) is 19.2 Å². The Labute approximate surface area is 251 Å². The number of amides is 2. The van der Waals surface area contributed by atoms with Crippen LogP contribution in [0.5, 0.6) is 11.5 Å². The standard InChI is InChI=1S/C32H32N4O6S/c1-24(37)34-28-14-16-29(17-15-28)43(39,40)36(21-25-9-5-3-6-10-25)22-32(38)35-33-20-27-13-18-30(31(19-27)41-2)42-23-26-11-7-4-8-12-26/h3-20H,21-23H2,1-2H3,(H,34,37)(H,35,38)/b33-20-. The molecule has 11 heteroatoms. The van der Waals surface area contributed by atoms with Crippen molar-refractivity contribution in [2.24, 2.45) is 5.10 Å². The van der Waals surface area contributed by atoms with Crippen molar-refractivity contribution in [3.8, 4) is 11.5 Å². The zero-order chi connectivity index (χ0) is 30.7. The van der Waals surface area contributed by atoms with Crippen molar-refractivity contribution in [1.82, 2.24) is 9.73 Å². The summed E-state index contributed by atoms with van der Waals surface area (Å²) < 4.78 is 39.5. The second-order valence-electron chi connectivity index (χ2n) is 9.44. The predicted molar refractivity (Wildman–Crippen MR) is 164 cm³/mol. The van der Waals surface area contributed by atoms with Crippen LogP contribution in [0, 0.1) is 0 Å². The van der Waals surface area contributed by atoms with E-state index in [1.807, 2.05) is 36.4 Å². The van der Waals surface area contributed by atoms with Gasteiger partial charge in [0.1, 0.15) is 6.61 Å². The van der Waals surface area contributed by atoms with Crippen LogP contribution in [0.15, 0.2) is 113 Å². The van der Waals surface area contributed by atoms with Crippen molar-refractivity contribution in [2.75, 3.05) is 19.0 Å². The van der Waals surface area contributed by atoms with Gasteiger partial charge in [0.2, 0.25) is 15.9 Å². The van der Waals surface area contributed by atoms with Gasteiger partial charge in [-0.05, 0) is 59.2 Å². The summed E-state index contributed by atoms with van der Waals surface area (Å²) in [4.78, 5) is 24.2. The molecule has 0 bridgehead atoms. The highest BCUT2D eigenvalue weighted by atomic mass is 32.2. The Kier molecular flexibility index (Phi) is 10.6. The fraction of sp³-hybridized carbons (Fsp3) is 0.156. The zero-order valence-electron chi connectivity index (χ0n) is 23.8. The van der Waals surface area contributed by atoms with Crippen LogP contribution in [0.1, 0.15) is 23.6 Å². The number of rotatable bonds is 13. The van der Waals surface area contributed by atoms with Gasteiger partial charge in [-0.15, -0.1) is 0 Å². The normalized spacial score (nSPS) is 11.3. The molecular weight excluding hydrogens is 568 g/mol. The molecule has 4 aromatic rings. The summed E-state index contributed by atoms with van der Waals surface area (Å²) in [5.74, 6) is 0.153. The molecule has 4 aromatic carbocycles. The van der Waals surface area contributed by atoms with Crippen molar-refractivity contribution >= 4 is 33.7 Å². The van der Waals surface area contributed by atoms with Crippen molar-refractivity contribution in [3.63, 3.8) is 0 Å². The second kappa shape index (κ2) is 14.8. The fourth-order valence-corrected chi connectivity index (χ4v) is 5.45. The number of methoxy groups -OCH3 is 1. The van der Waals surface area contributed by atoms with Gasteiger partial charge in [-0.25, -0.2) is 13.8 Å². The summed E-state index contributed by atoms with van der Waals surface area (Å²) in [6.45, 7) is 1.23. The first kappa shape index (κ1) is 30.9. The van der Waals surface area contributed by atoms with Crippen LogP contribution in [-0.2, 0) is 32.8 Å². The van der Waals surface area contributed by atoms with Crippen molar-refractivity contribution in [1.29, 1.82) is 0 Å². The minimum Gasteiger partial charge on any atom is -0.493 e. The number of hydrogen-bond donors (Lipinski definition) is 2. The third-order valence-electron chi connectivity index (χ3n) is 6.16. The highest BCUT2D eigenvalue weighted by Gasteiger charge is 2.27. The molecule has 0 unspecified atom stereocenters. The molecule has 0 radical (unpaired) electrons. The molecule has 0 fully saturated rings. The first-order chi connectivity index (χ1) is 20.7. The van der Waals surface area contributed by atoms with Crippen LogP contribution in [0.25, 0.3) is 0 Å². The minimum atomic E-state index is -4.08. The molecule has 2 N–H and O–H groups in total. The number of nitrogens with zero attached hydrogens (tertiary/aromatic N) is 2. The third-order valence-corrected chi connectivity index (χ3v) is 7.97. The lowest BCUT2D eigenvalue weighted by atomic mass is 10.2. The molecule has 0 saturated heterocycles. The van der Waals surface area contributed by atoms with Gasteiger partial charge in [-0.3, -0.25) is 9.59 Å². The molecule has 4 rings (SSSR count). The molecule has 0 saturated carbocycles. The van der Waals surface area contributed by atoms with E-state index in [1.165, 1.54) is 44.5 Å². The Morgan fingerprint density at radius 2 is 1.51 bits per heavy atom. The van der Waals surface area contributed by atoms with Gasteiger partial charge >= 0.3 is 0 Å². The Bertz CT molecular complexity index is 1660. The molecular formula is C32H32N4O6S. The van der Waals surface area contributed by atoms with Gasteiger partial charge in [0.15, 0.2) is 11.5 Å². The maximum absolute atomic E-state index is 13.5. The topological polar surface area (TPSA) is 126 Å². The lowest BCUT2D eigenvalue weighted by Gasteiger charge is -2.21. The van der Waals surface area contributed by atoms with Gasteiger partial charge in [0.25, 0.3) is 5.91 Å². The van der Waals surface area contributed by atoms with Crippen LogP contribution in [-0.4, -0.2) is 44.4 Å². The Morgan fingerprint density at radius 3 is 2.14 bits per heavy atom. The van der Waals surface area contributed by atoms with Gasteiger partial charge in [0.05, 0.1) is 24.8 Å². The molecule has 0 aromatic heterocycles. The van der Waals surface area contributed by atoms with Gasteiger partial charge < -0.3 is 14.8 Å². The lowest BCUT2D eigenvalue weighted by molar-refractivity contribution is -0.121. The van der Waals surface area contributed by atoms with E-state index in [0.29, 0.717) is 34.9 Å². The Morgan fingerprint density at radius 1 is 0.860 bits per heavy atom. The van der Waals surface area contributed by atoms with E-state index in [-0.39, 0.29) is 17.3 Å². The molecule has 43 heavy (non-hydrogen) atoms. The highest BCUT2D eigenvalue weighted by molar-refractivity contribution is 7.89. The fourth-order valence-electron chi connectivity index (χ4n) is 4.07. The van der Waals surface area contributed by atoms with E-state index >= 15 is 0 Å². The average molecular weight is 601 g/mol. The van der Waals surface area contributed by atoms with E-state index in [0.717, 1.165) is 9.87 Å². The number of sulfonamides is 1. The molecule has 0 heterocycles. The monoisotopic (exact) mass is 600 g/mol. The minimum absolute atomic E-state index is 0.0181. The molecule has 0 atom stereocenters. The third kappa shape index (κ3) is 8.99. The number of hydrogen-bond acceptors (Lipinski definition) is 7. The molecule has 0 spiro atoms. The number of ether oxygens (including phenoxy) is 2. The first-order valence-electron chi connectivity index (χ1n) is 13.3. The molecule has 222 valence electrons. The van der Waals surface area contributed by atoms with Crippen LogP contribution in [0.4, 0.5) is 5.69 Å². The van der Waals surface area contributed by atoms with Crippen molar-refractivity contribution in [3.05, 3.63) is 120 Å². The zero-order valence-corrected chi connectivity index (χ0v) is 24.6. The van der Waals surface area contributed by atoms with Gasteiger partial charge in [-0.2, -0.15) is 9.41 Å². The Hall–Kier alpha value is -5.00. The molecule has 10 nitrogen and oxygen atoms in total. The number of benzene rings is 4. The number of anilines is 1. The largest absolute Gasteiger partial charge is 0.493 e. The number of hydrazone groups is 1. The summed E-state index contributed by atoms with van der Waals surface area (Å²) in [7, 11) is -2.55. The molecule has 0 aliphatic rings. The van der Waals surface area contributed by atoms with E-state index in [1.54, 1.807) is 42.5 Å². The van der Waals surface area contributed by atoms with Crippen LogP contribution in [0.2, 0.25) is 0 Å². The second-order valence-corrected chi connectivity index (χ2v) is 11.4. The van der Waals surface area contributed by atoms with Crippen molar-refractivity contribution in [2.45, 2.75) is 25.0 Å². The van der Waals surface area contributed by atoms with Crippen LogP contribution < -0.4 is 20.2 Å². The van der Waals surface area contributed by atoms with Gasteiger partial charge in [-0.1, -0.05) is 60.7 Å². The van der Waals surface area contributed by atoms with E-state index < -0.39 is 22.5 Å². The SMILES string of the molecule is COc1cc(/C=N\NC(=O)CN(Cc2ccccc2)S(=O)(=O)c2ccc(NC(C)=O)cc2)ccc1OCc1ccccc1. The summed E-state index contributed by atoms with van der Waals surface area (Å²) in [5.41, 5.74) is 5.22. The maximum Gasteiger partial charge on any atom is 0.255 e.